The normalized spacial score (nSPS) is 11.1. The molecule has 0 unspecified atom stereocenters. The highest BCUT2D eigenvalue weighted by Gasteiger charge is 2.06. The maximum absolute atomic E-state index is 12.0. The molecule has 0 bridgehead atoms. The molecular formula is C20H25N7O4. The second-order valence-corrected chi connectivity index (χ2v) is 6.40. The van der Waals surface area contributed by atoms with Crippen LogP contribution in [0.3, 0.4) is 0 Å². The van der Waals surface area contributed by atoms with Gasteiger partial charge in [-0.3, -0.25) is 19.6 Å². The average molecular weight is 427 g/mol. The summed E-state index contributed by atoms with van der Waals surface area (Å²) >= 11 is 0. The Kier molecular flexibility index (Phi) is 10.1. The highest BCUT2D eigenvalue weighted by Crippen LogP contribution is 2.00. The first-order valence-electron chi connectivity index (χ1n) is 9.68. The summed E-state index contributed by atoms with van der Waals surface area (Å²) in [5, 5.41) is 31.5. The molecule has 0 spiro atoms. The second kappa shape index (κ2) is 13.4. The minimum absolute atomic E-state index is 0.214. The third kappa shape index (κ3) is 8.58. The molecule has 2 heterocycles. The number of nitrogens with zero attached hydrogens (tertiary/aromatic N) is 4. The molecule has 31 heavy (non-hydrogen) atoms. The predicted molar refractivity (Wildman–Crippen MR) is 114 cm³/mol. The van der Waals surface area contributed by atoms with Crippen molar-refractivity contribution in [3.05, 3.63) is 59.2 Å². The minimum Gasteiger partial charge on any atom is -0.411 e. The van der Waals surface area contributed by atoms with E-state index in [1.165, 1.54) is 24.8 Å². The minimum atomic E-state index is -0.214. The lowest BCUT2D eigenvalue weighted by atomic mass is 10.2. The Labute approximate surface area is 179 Å². The number of amides is 2. The molecule has 2 rings (SSSR count). The van der Waals surface area contributed by atoms with Crippen molar-refractivity contribution in [3.8, 4) is 0 Å². The number of aromatic nitrogens is 2. The molecule has 5 N–H and O–H groups in total. The van der Waals surface area contributed by atoms with Crippen LogP contribution in [0, 0.1) is 0 Å². The molecule has 11 nitrogen and oxygen atoms in total. The zero-order valence-electron chi connectivity index (χ0n) is 16.9. The van der Waals surface area contributed by atoms with Crippen molar-refractivity contribution in [1.82, 2.24) is 25.9 Å². The summed E-state index contributed by atoms with van der Waals surface area (Å²) < 4.78 is 0. The van der Waals surface area contributed by atoms with Crippen LogP contribution in [0.25, 0.3) is 0 Å². The summed E-state index contributed by atoms with van der Waals surface area (Å²) in [5.41, 5.74) is 1.79. The lowest BCUT2D eigenvalue weighted by molar-refractivity contribution is 0.0945. The van der Waals surface area contributed by atoms with Gasteiger partial charge in [0.25, 0.3) is 11.8 Å². The van der Waals surface area contributed by atoms with E-state index >= 15 is 0 Å². The topological polar surface area (TPSA) is 161 Å². The molecule has 0 aromatic carbocycles. The van der Waals surface area contributed by atoms with Crippen LogP contribution in [0.1, 0.15) is 44.9 Å². The van der Waals surface area contributed by atoms with Crippen molar-refractivity contribution in [2.45, 2.75) is 12.8 Å². The van der Waals surface area contributed by atoms with Crippen molar-refractivity contribution >= 4 is 24.2 Å². The summed E-state index contributed by atoms with van der Waals surface area (Å²) in [5.74, 6) is -0.428. The molecule has 0 aliphatic carbocycles. The van der Waals surface area contributed by atoms with Crippen LogP contribution in [0.2, 0.25) is 0 Å². The van der Waals surface area contributed by atoms with E-state index in [1.807, 2.05) is 0 Å². The molecule has 11 heteroatoms. The Bertz CT molecular complexity index is 810. The molecule has 0 atom stereocenters. The summed E-state index contributed by atoms with van der Waals surface area (Å²) in [6.45, 7) is 2.51. The van der Waals surface area contributed by atoms with Crippen LogP contribution in [0.4, 0.5) is 0 Å². The van der Waals surface area contributed by atoms with Gasteiger partial charge in [-0.1, -0.05) is 10.3 Å². The Hall–Kier alpha value is -3.86. The Morgan fingerprint density at radius 3 is 1.58 bits per heavy atom. The van der Waals surface area contributed by atoms with E-state index in [2.05, 4.69) is 36.2 Å². The average Bonchev–Trinajstić information content (AvgIpc) is 2.79. The van der Waals surface area contributed by atoms with Gasteiger partial charge in [0, 0.05) is 25.5 Å². The lowest BCUT2D eigenvalue weighted by Gasteiger charge is -2.08. The van der Waals surface area contributed by atoms with Crippen LogP contribution < -0.4 is 16.0 Å². The highest BCUT2D eigenvalue weighted by molar-refractivity contribution is 5.94. The summed E-state index contributed by atoms with van der Waals surface area (Å²) in [7, 11) is 0. The fraction of sp³-hybridized carbons (Fsp3) is 0.300. The molecule has 0 fully saturated rings. The van der Waals surface area contributed by atoms with E-state index in [0.29, 0.717) is 35.6 Å². The number of hydrogen-bond donors (Lipinski definition) is 5. The van der Waals surface area contributed by atoms with Gasteiger partial charge in [0.2, 0.25) is 0 Å². The highest BCUT2D eigenvalue weighted by atomic mass is 16.4. The van der Waals surface area contributed by atoms with Gasteiger partial charge < -0.3 is 26.4 Å². The number of rotatable bonds is 12. The van der Waals surface area contributed by atoms with Crippen molar-refractivity contribution < 1.29 is 20.0 Å². The van der Waals surface area contributed by atoms with Gasteiger partial charge >= 0.3 is 0 Å². The largest absolute Gasteiger partial charge is 0.411 e. The Morgan fingerprint density at radius 1 is 0.774 bits per heavy atom. The smallest absolute Gasteiger partial charge is 0.252 e. The van der Waals surface area contributed by atoms with Crippen LogP contribution in [0.15, 0.2) is 47.0 Å². The molecule has 0 aliphatic rings. The van der Waals surface area contributed by atoms with Crippen molar-refractivity contribution in [2.24, 2.45) is 10.3 Å². The molecule has 2 aromatic rings. The van der Waals surface area contributed by atoms with E-state index in [9.17, 15) is 9.59 Å². The van der Waals surface area contributed by atoms with Gasteiger partial charge in [-0.2, -0.15) is 0 Å². The van der Waals surface area contributed by atoms with Crippen LogP contribution >= 0.6 is 0 Å². The molecule has 0 aliphatic heterocycles. The summed E-state index contributed by atoms with van der Waals surface area (Å²) in [6, 6.07) is 6.40. The fourth-order valence-corrected chi connectivity index (χ4v) is 2.51. The summed E-state index contributed by atoms with van der Waals surface area (Å²) in [4.78, 5) is 32.0. The van der Waals surface area contributed by atoms with Gasteiger partial charge in [-0.15, -0.1) is 0 Å². The molecule has 0 saturated heterocycles. The van der Waals surface area contributed by atoms with E-state index < -0.39 is 0 Å². The van der Waals surface area contributed by atoms with Crippen molar-refractivity contribution in [1.29, 1.82) is 0 Å². The maximum atomic E-state index is 12.0. The van der Waals surface area contributed by atoms with E-state index in [0.717, 1.165) is 25.9 Å². The third-order valence-corrected chi connectivity index (χ3v) is 4.11. The molecule has 0 radical (unpaired) electrons. The molecule has 0 saturated carbocycles. The number of hydrogen-bond acceptors (Lipinski definition) is 9. The zero-order chi connectivity index (χ0) is 22.3. The SMILES string of the molecule is O=C(NCCCNCCCNC(=O)c1ccc(/C=N/O)nc1)c1ccc(/C=N/O)nc1. The number of nitrogens with one attached hydrogen (secondary N) is 3. The maximum Gasteiger partial charge on any atom is 0.252 e. The van der Waals surface area contributed by atoms with E-state index in [4.69, 9.17) is 10.4 Å². The van der Waals surface area contributed by atoms with Crippen LogP contribution in [-0.2, 0) is 0 Å². The number of carbonyl (C=O) groups excluding carboxylic acids is 2. The van der Waals surface area contributed by atoms with E-state index in [1.54, 1.807) is 24.3 Å². The second-order valence-electron chi connectivity index (χ2n) is 6.40. The molecule has 2 aromatic heterocycles. The number of carbonyl (C=O) groups is 2. The molecule has 2 amide bonds. The van der Waals surface area contributed by atoms with Crippen molar-refractivity contribution in [2.75, 3.05) is 26.2 Å². The van der Waals surface area contributed by atoms with Crippen molar-refractivity contribution in [3.63, 3.8) is 0 Å². The van der Waals surface area contributed by atoms with Gasteiger partial charge in [-0.25, -0.2) is 0 Å². The first kappa shape index (κ1) is 23.4. The Balaban J connectivity index is 1.51. The van der Waals surface area contributed by atoms with Gasteiger partial charge in [-0.05, 0) is 50.2 Å². The summed E-state index contributed by atoms with van der Waals surface area (Å²) in [6.07, 6.45) is 6.73. The number of pyridine rings is 2. The van der Waals surface area contributed by atoms with Gasteiger partial charge in [0.05, 0.1) is 34.9 Å². The monoisotopic (exact) mass is 427 g/mol. The lowest BCUT2D eigenvalue weighted by Crippen LogP contribution is -2.29. The van der Waals surface area contributed by atoms with Gasteiger partial charge in [0.15, 0.2) is 0 Å². The first-order chi connectivity index (χ1) is 15.1. The Morgan fingerprint density at radius 2 is 1.23 bits per heavy atom. The fourth-order valence-electron chi connectivity index (χ4n) is 2.51. The van der Waals surface area contributed by atoms with Crippen LogP contribution in [-0.4, -0.2) is 70.8 Å². The molecule has 164 valence electrons. The standard InChI is InChI=1S/C20H25N7O4/c28-19(15-3-5-17(13-26-30)24-11-15)22-9-1-7-21-8-2-10-23-20(29)16-4-6-18(14-27-31)25-12-16/h3-6,11-14,21,30-31H,1-2,7-10H2,(H,22,28)(H,23,29)/b26-13+,27-14+. The first-order valence-corrected chi connectivity index (χ1v) is 9.68. The third-order valence-electron chi connectivity index (χ3n) is 4.11. The predicted octanol–water partition coefficient (Wildman–Crippen LogP) is 0.622. The quantitative estimate of drug-likeness (QED) is 0.144. The number of oxime groups is 2. The van der Waals surface area contributed by atoms with Crippen LogP contribution in [0.5, 0.6) is 0 Å². The molecular weight excluding hydrogens is 402 g/mol. The van der Waals surface area contributed by atoms with Gasteiger partial charge in [0.1, 0.15) is 0 Å². The zero-order valence-corrected chi connectivity index (χ0v) is 16.9. The van der Waals surface area contributed by atoms with E-state index in [-0.39, 0.29) is 11.8 Å².